The van der Waals surface area contributed by atoms with E-state index < -0.39 is 29.9 Å². The Kier molecular flexibility index (Phi) is 9.85. The van der Waals surface area contributed by atoms with Crippen molar-refractivity contribution >= 4 is 34.4 Å². The number of nitrogens with two attached hydrogens (primary N) is 2. The molecule has 11 nitrogen and oxygen atoms in total. The lowest BCUT2D eigenvalue weighted by molar-refractivity contribution is -0.139. The Morgan fingerprint density at radius 2 is 1.85 bits per heavy atom. The molecule has 0 bridgehead atoms. The van der Waals surface area contributed by atoms with Crippen LogP contribution in [0, 0.1) is 0 Å². The predicted octanol–water partition coefficient (Wildman–Crippen LogP) is 0.923. The topological polar surface area (TPSA) is 176 Å². The fraction of sp³-hybridized carbons (Fsp3) is 0.414. The summed E-state index contributed by atoms with van der Waals surface area (Å²) in [5.41, 5.74) is 12.7. The first-order valence-electron chi connectivity index (χ1n) is 13.7. The summed E-state index contributed by atoms with van der Waals surface area (Å²) < 4.78 is 0. The maximum Gasteiger partial charge on any atom is 0.243 e. The van der Waals surface area contributed by atoms with Gasteiger partial charge in [0.25, 0.3) is 0 Å². The summed E-state index contributed by atoms with van der Waals surface area (Å²) in [7, 11) is 0. The molecule has 0 spiro atoms. The van der Waals surface area contributed by atoms with E-state index in [1.807, 2.05) is 42.5 Å². The van der Waals surface area contributed by atoms with Crippen LogP contribution in [0.3, 0.4) is 0 Å². The Morgan fingerprint density at radius 1 is 1.05 bits per heavy atom. The van der Waals surface area contributed by atoms with Crippen molar-refractivity contribution < 1.29 is 19.2 Å². The molecule has 4 rings (SSSR count). The van der Waals surface area contributed by atoms with E-state index in [1.54, 1.807) is 11.1 Å². The summed E-state index contributed by atoms with van der Waals surface area (Å²) in [6, 6.07) is 11.2. The summed E-state index contributed by atoms with van der Waals surface area (Å²) in [5.74, 6) is -1.73. The second-order valence-electron chi connectivity index (χ2n) is 10.2. The van der Waals surface area contributed by atoms with Crippen LogP contribution in [0.4, 0.5) is 0 Å². The highest BCUT2D eigenvalue weighted by molar-refractivity contribution is 5.95. The number of benzene rings is 2. The van der Waals surface area contributed by atoms with Gasteiger partial charge in [0.1, 0.15) is 18.1 Å². The van der Waals surface area contributed by atoms with Gasteiger partial charge in [-0.05, 0) is 55.0 Å². The molecule has 212 valence electrons. The van der Waals surface area contributed by atoms with Gasteiger partial charge in [0.05, 0.1) is 12.7 Å². The number of carbonyl (C=O) groups excluding carboxylic acids is 4. The zero-order chi connectivity index (χ0) is 28.5. The van der Waals surface area contributed by atoms with Crippen LogP contribution < -0.4 is 22.1 Å². The maximum absolute atomic E-state index is 13.4. The number of H-pyrrole nitrogens is 1. The molecule has 40 heavy (non-hydrogen) atoms. The Bertz CT molecular complexity index is 1320. The van der Waals surface area contributed by atoms with Gasteiger partial charge in [-0.3, -0.25) is 19.2 Å². The van der Waals surface area contributed by atoms with E-state index in [0.29, 0.717) is 50.9 Å². The van der Waals surface area contributed by atoms with Crippen LogP contribution in [-0.4, -0.2) is 69.7 Å². The van der Waals surface area contributed by atoms with Crippen molar-refractivity contribution in [3.05, 3.63) is 66.2 Å². The van der Waals surface area contributed by atoms with Crippen molar-refractivity contribution in [2.75, 3.05) is 13.1 Å². The number of likely N-dealkylation sites (tertiary alicyclic amines) is 1. The van der Waals surface area contributed by atoms with Crippen LogP contribution >= 0.6 is 0 Å². The largest absolute Gasteiger partial charge is 0.368 e. The molecule has 4 amide bonds. The Hall–Kier alpha value is -4.25. The van der Waals surface area contributed by atoms with Crippen molar-refractivity contribution in [3.63, 3.8) is 0 Å². The van der Waals surface area contributed by atoms with Gasteiger partial charge >= 0.3 is 0 Å². The smallest absolute Gasteiger partial charge is 0.243 e. The number of primary amides is 1. The van der Waals surface area contributed by atoms with Gasteiger partial charge in [-0.1, -0.05) is 42.5 Å². The van der Waals surface area contributed by atoms with Gasteiger partial charge in [-0.15, -0.1) is 0 Å². The number of aromatic nitrogens is 2. The SMILES string of the molecule is NCCCCC(NC(=O)C1CCCN1C(=O)Cc1cccc2ccccc12)C(=O)NC(Cc1cnc[nH]1)C(N)=O. The molecule has 1 aliphatic rings. The molecule has 0 radical (unpaired) electrons. The van der Waals surface area contributed by atoms with Crippen LogP contribution in [0.15, 0.2) is 55.0 Å². The average Bonchev–Trinajstić information content (AvgIpc) is 3.65. The number of carbonyl (C=O) groups is 4. The van der Waals surface area contributed by atoms with Crippen LogP contribution in [0.5, 0.6) is 0 Å². The van der Waals surface area contributed by atoms with Crippen molar-refractivity contribution in [3.8, 4) is 0 Å². The first-order valence-corrected chi connectivity index (χ1v) is 13.7. The molecule has 0 aliphatic carbocycles. The van der Waals surface area contributed by atoms with Crippen molar-refractivity contribution in [2.24, 2.45) is 11.5 Å². The molecule has 0 saturated carbocycles. The Morgan fingerprint density at radius 3 is 2.60 bits per heavy atom. The monoisotopic (exact) mass is 547 g/mol. The number of amides is 4. The molecular weight excluding hydrogens is 510 g/mol. The van der Waals surface area contributed by atoms with Gasteiger partial charge in [-0.2, -0.15) is 0 Å². The molecule has 3 unspecified atom stereocenters. The van der Waals surface area contributed by atoms with E-state index in [0.717, 1.165) is 16.3 Å². The molecule has 1 fully saturated rings. The summed E-state index contributed by atoms with van der Waals surface area (Å²) >= 11 is 0. The number of hydrogen-bond donors (Lipinski definition) is 5. The number of fused-ring (bicyclic) bond motifs is 1. The number of hydrogen-bond acceptors (Lipinski definition) is 6. The minimum Gasteiger partial charge on any atom is -0.368 e. The number of aromatic amines is 1. The van der Waals surface area contributed by atoms with Crippen molar-refractivity contribution in [1.29, 1.82) is 0 Å². The maximum atomic E-state index is 13.4. The normalized spacial score (nSPS) is 16.4. The summed E-state index contributed by atoms with van der Waals surface area (Å²) in [6.45, 7) is 0.921. The quantitative estimate of drug-likeness (QED) is 0.199. The third-order valence-electron chi connectivity index (χ3n) is 7.32. The zero-order valence-electron chi connectivity index (χ0n) is 22.5. The van der Waals surface area contributed by atoms with Crippen molar-refractivity contribution in [2.45, 2.75) is 63.1 Å². The van der Waals surface area contributed by atoms with E-state index in [9.17, 15) is 19.2 Å². The third-order valence-corrected chi connectivity index (χ3v) is 7.32. The van der Waals surface area contributed by atoms with Crippen LogP contribution in [0.1, 0.15) is 43.4 Å². The molecule has 3 aromatic rings. The van der Waals surface area contributed by atoms with Crippen LogP contribution in [0.2, 0.25) is 0 Å². The predicted molar refractivity (Wildman–Crippen MR) is 151 cm³/mol. The average molecular weight is 548 g/mol. The highest BCUT2D eigenvalue weighted by Gasteiger charge is 2.36. The van der Waals surface area contributed by atoms with Crippen molar-refractivity contribution in [1.82, 2.24) is 25.5 Å². The second kappa shape index (κ2) is 13.7. The summed E-state index contributed by atoms with van der Waals surface area (Å²) in [5, 5.41) is 7.58. The van der Waals surface area contributed by atoms with E-state index >= 15 is 0 Å². The number of rotatable bonds is 13. The van der Waals surface area contributed by atoms with Gasteiger partial charge in [0.2, 0.25) is 23.6 Å². The lowest BCUT2D eigenvalue weighted by atomic mass is 10.0. The molecule has 7 N–H and O–H groups in total. The highest BCUT2D eigenvalue weighted by atomic mass is 16.2. The third kappa shape index (κ3) is 7.23. The highest BCUT2D eigenvalue weighted by Crippen LogP contribution is 2.23. The minimum atomic E-state index is -0.980. The molecule has 3 atom stereocenters. The molecule has 1 saturated heterocycles. The first-order chi connectivity index (χ1) is 19.4. The molecular formula is C29H37N7O4. The van der Waals surface area contributed by atoms with Gasteiger partial charge in [-0.25, -0.2) is 4.98 Å². The molecule has 2 aromatic carbocycles. The van der Waals surface area contributed by atoms with E-state index in [4.69, 9.17) is 11.5 Å². The molecule has 1 aliphatic heterocycles. The number of unbranched alkanes of at least 4 members (excludes halogenated alkanes) is 1. The standard InChI is InChI=1S/C29H37N7O4/c30-13-4-3-11-23(28(39)35-24(27(31)38)16-21-17-32-18-33-21)34-29(40)25-12-6-14-36(25)26(37)15-20-9-5-8-19-7-1-2-10-22(19)20/h1-2,5,7-10,17-18,23-25H,3-4,6,11-16,30H2,(H2,31,38)(H,32,33)(H,34,40)(H,35,39). The lowest BCUT2D eigenvalue weighted by Crippen LogP contribution is -2.56. The first kappa shape index (κ1) is 28.8. The number of nitrogens with one attached hydrogen (secondary N) is 3. The van der Waals surface area contributed by atoms with E-state index in [-0.39, 0.29) is 24.7 Å². The van der Waals surface area contributed by atoms with E-state index in [1.165, 1.54) is 6.33 Å². The van der Waals surface area contributed by atoms with Gasteiger partial charge < -0.3 is 32.0 Å². The summed E-state index contributed by atoms with van der Waals surface area (Å²) in [4.78, 5) is 60.5. The fourth-order valence-corrected chi connectivity index (χ4v) is 5.19. The fourth-order valence-electron chi connectivity index (χ4n) is 5.19. The van der Waals surface area contributed by atoms with Gasteiger partial charge in [0, 0.05) is 24.9 Å². The van der Waals surface area contributed by atoms with E-state index in [2.05, 4.69) is 20.6 Å². The Balaban J connectivity index is 1.43. The van der Waals surface area contributed by atoms with Crippen LogP contribution in [0.25, 0.3) is 10.8 Å². The van der Waals surface area contributed by atoms with Gasteiger partial charge in [0.15, 0.2) is 0 Å². The minimum absolute atomic E-state index is 0.133. The molecule has 1 aromatic heterocycles. The summed E-state index contributed by atoms with van der Waals surface area (Å²) in [6.07, 6.45) is 6.15. The lowest BCUT2D eigenvalue weighted by Gasteiger charge is -2.27. The second-order valence-corrected chi connectivity index (χ2v) is 10.2. The molecule has 11 heteroatoms. The number of nitrogens with zero attached hydrogens (tertiary/aromatic N) is 2. The molecule has 2 heterocycles. The number of imidazole rings is 1. The van der Waals surface area contributed by atoms with Crippen LogP contribution in [-0.2, 0) is 32.0 Å². The Labute approximate surface area is 233 Å². The zero-order valence-corrected chi connectivity index (χ0v) is 22.5.